The molecule has 1 aliphatic carbocycles. The van der Waals surface area contributed by atoms with Gasteiger partial charge in [-0.2, -0.15) is 0 Å². The predicted molar refractivity (Wildman–Crippen MR) is 38.3 cm³/mol. The summed E-state index contributed by atoms with van der Waals surface area (Å²) in [5, 5.41) is 9.04. The Morgan fingerprint density at radius 3 is 2.60 bits per heavy atom. The van der Waals surface area contributed by atoms with Crippen LogP contribution in [0.3, 0.4) is 0 Å². The molecule has 57 valence electrons. The Kier molecular flexibility index (Phi) is 5.62. The normalized spacial score (nSPS) is 18.2. The van der Waals surface area contributed by atoms with E-state index in [9.17, 15) is 0 Å². The van der Waals surface area contributed by atoms with Crippen molar-refractivity contribution in [3.8, 4) is 0 Å². The SMILES string of the molecule is OC1=CCCC=CCC1.[Ru+]. The second-order valence-electron chi connectivity index (χ2n) is 2.28. The minimum atomic E-state index is 0. The summed E-state index contributed by atoms with van der Waals surface area (Å²) in [6.07, 6.45) is 10.1. The van der Waals surface area contributed by atoms with E-state index in [1.54, 1.807) is 0 Å². The molecule has 0 atom stereocenters. The van der Waals surface area contributed by atoms with Crippen LogP contribution in [0.15, 0.2) is 24.0 Å². The molecule has 0 saturated heterocycles. The molecular formula is C8H12ORu+. The van der Waals surface area contributed by atoms with Crippen molar-refractivity contribution in [2.75, 3.05) is 0 Å². The molecule has 1 aliphatic rings. The average molecular weight is 225 g/mol. The molecule has 0 fully saturated rings. The fourth-order valence-electron chi connectivity index (χ4n) is 0.915. The summed E-state index contributed by atoms with van der Waals surface area (Å²) >= 11 is 0. The van der Waals surface area contributed by atoms with Crippen molar-refractivity contribution in [2.24, 2.45) is 0 Å². The van der Waals surface area contributed by atoms with Crippen molar-refractivity contribution in [1.29, 1.82) is 0 Å². The van der Waals surface area contributed by atoms with Crippen molar-refractivity contribution in [2.45, 2.75) is 25.7 Å². The number of rotatable bonds is 0. The van der Waals surface area contributed by atoms with Gasteiger partial charge in [0, 0.05) is 6.42 Å². The Hall–Kier alpha value is -0.0966. The molecule has 0 aromatic carbocycles. The molecule has 0 heterocycles. The Balaban J connectivity index is 0.000000810. The zero-order chi connectivity index (χ0) is 6.53. The first-order valence-electron chi connectivity index (χ1n) is 3.42. The predicted octanol–water partition coefficient (Wildman–Crippen LogP) is 2.56. The van der Waals surface area contributed by atoms with Crippen molar-refractivity contribution < 1.29 is 24.6 Å². The van der Waals surface area contributed by atoms with Gasteiger partial charge in [0.05, 0.1) is 5.76 Å². The van der Waals surface area contributed by atoms with Gasteiger partial charge >= 0.3 is 19.5 Å². The first kappa shape index (κ1) is 9.90. The third-order valence-corrected chi connectivity index (χ3v) is 1.45. The summed E-state index contributed by atoms with van der Waals surface area (Å²) in [6, 6.07) is 0. The van der Waals surface area contributed by atoms with Crippen LogP contribution in [-0.4, -0.2) is 5.11 Å². The van der Waals surface area contributed by atoms with Gasteiger partial charge in [0.15, 0.2) is 0 Å². The summed E-state index contributed by atoms with van der Waals surface area (Å²) in [5.41, 5.74) is 0. The van der Waals surface area contributed by atoms with Crippen LogP contribution in [0, 0.1) is 0 Å². The van der Waals surface area contributed by atoms with Crippen LogP contribution in [0.2, 0.25) is 0 Å². The molecule has 1 radical (unpaired) electrons. The van der Waals surface area contributed by atoms with E-state index in [1.165, 1.54) is 0 Å². The van der Waals surface area contributed by atoms with E-state index in [4.69, 9.17) is 5.11 Å². The zero-order valence-electron chi connectivity index (χ0n) is 5.86. The van der Waals surface area contributed by atoms with Gasteiger partial charge in [0.1, 0.15) is 0 Å². The molecular weight excluding hydrogens is 213 g/mol. The smallest absolute Gasteiger partial charge is 0.513 e. The van der Waals surface area contributed by atoms with E-state index in [-0.39, 0.29) is 19.5 Å². The molecule has 0 saturated carbocycles. The molecule has 0 aromatic rings. The number of allylic oxidation sites excluding steroid dienone is 4. The largest absolute Gasteiger partial charge is 1.00 e. The molecule has 0 aliphatic heterocycles. The Labute approximate surface area is 74.6 Å². The van der Waals surface area contributed by atoms with E-state index in [2.05, 4.69) is 12.2 Å². The standard InChI is InChI=1S/C8H12O.Ru/c9-8-6-4-2-1-3-5-7-8;/h1-2,7,9H,3-6H2;/q;+1. The van der Waals surface area contributed by atoms with Crippen LogP contribution in [0.1, 0.15) is 25.7 Å². The van der Waals surface area contributed by atoms with E-state index in [0.717, 1.165) is 25.7 Å². The van der Waals surface area contributed by atoms with E-state index in [0.29, 0.717) is 5.76 Å². The number of aliphatic hydroxyl groups is 1. The van der Waals surface area contributed by atoms with E-state index < -0.39 is 0 Å². The third kappa shape index (κ3) is 3.84. The monoisotopic (exact) mass is 226 g/mol. The maximum Gasteiger partial charge on any atom is 1.00 e. The molecule has 10 heavy (non-hydrogen) atoms. The topological polar surface area (TPSA) is 20.2 Å². The molecule has 1 nitrogen and oxygen atoms in total. The second-order valence-corrected chi connectivity index (χ2v) is 2.28. The molecule has 1 rings (SSSR count). The molecule has 0 unspecified atom stereocenters. The molecule has 2 heteroatoms. The summed E-state index contributed by atoms with van der Waals surface area (Å²) in [5.74, 6) is 0.555. The van der Waals surface area contributed by atoms with Gasteiger partial charge < -0.3 is 5.11 Å². The molecule has 1 N–H and O–H groups in total. The summed E-state index contributed by atoms with van der Waals surface area (Å²) in [6.45, 7) is 0. The molecule has 0 aromatic heterocycles. The Bertz CT molecular complexity index is 138. The van der Waals surface area contributed by atoms with Gasteiger partial charge in [0.2, 0.25) is 0 Å². The van der Waals surface area contributed by atoms with Crippen LogP contribution in [0.5, 0.6) is 0 Å². The summed E-state index contributed by atoms with van der Waals surface area (Å²) < 4.78 is 0. The molecule has 0 spiro atoms. The average Bonchev–Trinajstić information content (AvgIpc) is 1.79. The first-order chi connectivity index (χ1) is 4.39. The van der Waals surface area contributed by atoms with Crippen LogP contribution < -0.4 is 0 Å². The van der Waals surface area contributed by atoms with Crippen molar-refractivity contribution in [3.63, 3.8) is 0 Å². The zero-order valence-corrected chi connectivity index (χ0v) is 7.60. The van der Waals surface area contributed by atoms with Gasteiger partial charge in [-0.05, 0) is 25.3 Å². The summed E-state index contributed by atoms with van der Waals surface area (Å²) in [7, 11) is 0. The van der Waals surface area contributed by atoms with Gasteiger partial charge in [-0.15, -0.1) is 0 Å². The van der Waals surface area contributed by atoms with Crippen LogP contribution >= 0.6 is 0 Å². The van der Waals surface area contributed by atoms with Gasteiger partial charge in [-0.25, -0.2) is 0 Å². The van der Waals surface area contributed by atoms with E-state index in [1.807, 2.05) is 6.08 Å². The van der Waals surface area contributed by atoms with Crippen LogP contribution in [0.25, 0.3) is 0 Å². The quantitative estimate of drug-likeness (QED) is 0.496. The fraction of sp³-hybridized carbons (Fsp3) is 0.500. The number of hydrogen-bond donors (Lipinski definition) is 1. The first-order valence-corrected chi connectivity index (χ1v) is 3.42. The Morgan fingerprint density at radius 1 is 1.10 bits per heavy atom. The van der Waals surface area contributed by atoms with Crippen LogP contribution in [0.4, 0.5) is 0 Å². The second kappa shape index (κ2) is 5.67. The minimum absolute atomic E-state index is 0. The van der Waals surface area contributed by atoms with Gasteiger partial charge in [-0.1, -0.05) is 12.2 Å². The van der Waals surface area contributed by atoms with Crippen molar-refractivity contribution >= 4 is 0 Å². The maximum atomic E-state index is 9.04. The number of hydrogen-bond acceptors (Lipinski definition) is 1. The van der Waals surface area contributed by atoms with Gasteiger partial charge in [-0.3, -0.25) is 0 Å². The van der Waals surface area contributed by atoms with Crippen LogP contribution in [-0.2, 0) is 19.5 Å². The Morgan fingerprint density at radius 2 is 1.80 bits per heavy atom. The maximum absolute atomic E-state index is 9.04. The van der Waals surface area contributed by atoms with Crippen molar-refractivity contribution in [1.82, 2.24) is 0 Å². The van der Waals surface area contributed by atoms with Gasteiger partial charge in [0.25, 0.3) is 0 Å². The van der Waals surface area contributed by atoms with Crippen molar-refractivity contribution in [3.05, 3.63) is 24.0 Å². The fourth-order valence-corrected chi connectivity index (χ4v) is 0.915. The molecule has 0 bridgehead atoms. The number of aliphatic hydroxyl groups excluding tert-OH is 1. The third-order valence-electron chi connectivity index (χ3n) is 1.45. The minimum Gasteiger partial charge on any atom is -0.513 e. The van der Waals surface area contributed by atoms with E-state index >= 15 is 0 Å². The summed E-state index contributed by atoms with van der Waals surface area (Å²) in [4.78, 5) is 0. The molecule has 0 amide bonds.